The van der Waals surface area contributed by atoms with Crippen molar-refractivity contribution in [3.63, 3.8) is 0 Å². The summed E-state index contributed by atoms with van der Waals surface area (Å²) in [5.41, 5.74) is 0. The highest BCUT2D eigenvalue weighted by molar-refractivity contribution is 5.41. The Bertz CT molecular complexity index is 547. The van der Waals surface area contributed by atoms with E-state index in [4.69, 9.17) is 9.47 Å². The van der Waals surface area contributed by atoms with Crippen molar-refractivity contribution >= 4 is 5.95 Å². The Morgan fingerprint density at radius 3 is 2.68 bits per heavy atom. The molecule has 2 heterocycles. The second kappa shape index (κ2) is 5.14. The fourth-order valence-corrected chi connectivity index (χ4v) is 2.03. The second-order valence-electron chi connectivity index (χ2n) is 4.43. The third kappa shape index (κ3) is 2.59. The predicted molar refractivity (Wildman–Crippen MR) is 71.7 cm³/mol. The highest BCUT2D eigenvalue weighted by atomic mass is 16.6. The first kappa shape index (κ1) is 11.8. The maximum absolute atomic E-state index is 5.90. The summed E-state index contributed by atoms with van der Waals surface area (Å²) in [5.74, 6) is 2.28. The van der Waals surface area contributed by atoms with Crippen LogP contribution in [0.4, 0.5) is 5.95 Å². The fourth-order valence-electron chi connectivity index (χ4n) is 2.03. The molecule has 98 valence electrons. The van der Waals surface area contributed by atoms with Gasteiger partial charge < -0.3 is 14.4 Å². The van der Waals surface area contributed by atoms with Crippen molar-refractivity contribution in [2.75, 3.05) is 25.1 Å². The molecule has 0 radical (unpaired) electrons. The maximum atomic E-state index is 5.90. The molecule has 0 bridgehead atoms. The first-order valence-corrected chi connectivity index (χ1v) is 6.19. The zero-order valence-corrected chi connectivity index (χ0v) is 10.7. The number of rotatable bonds is 3. The lowest BCUT2D eigenvalue weighted by molar-refractivity contribution is 0.0958. The molecule has 0 unspecified atom stereocenters. The highest BCUT2D eigenvalue weighted by Crippen LogP contribution is 2.31. The molecule has 0 saturated carbocycles. The summed E-state index contributed by atoms with van der Waals surface area (Å²) < 4.78 is 11.6. The summed E-state index contributed by atoms with van der Waals surface area (Å²) in [5, 5.41) is 0. The van der Waals surface area contributed by atoms with Gasteiger partial charge in [0.05, 0.1) is 6.54 Å². The zero-order chi connectivity index (χ0) is 13.1. The standard InChI is InChI=1S/C14H15N3O2/c1-17(14-15-7-4-8-16-14)9-11-10-18-12-5-2-3-6-13(12)19-11/h2-8,11H,9-10H2,1H3/t11-/m0/s1. The minimum Gasteiger partial charge on any atom is -0.486 e. The molecule has 1 atom stereocenters. The number of aromatic nitrogens is 2. The van der Waals surface area contributed by atoms with Gasteiger partial charge in [0.15, 0.2) is 17.6 Å². The van der Waals surface area contributed by atoms with E-state index < -0.39 is 0 Å². The molecular formula is C14H15N3O2. The Hall–Kier alpha value is -2.30. The van der Waals surface area contributed by atoms with Crippen molar-refractivity contribution in [1.82, 2.24) is 9.97 Å². The first-order chi connectivity index (χ1) is 9.33. The Labute approximate surface area is 111 Å². The van der Waals surface area contributed by atoms with Crippen LogP contribution < -0.4 is 14.4 Å². The summed E-state index contributed by atoms with van der Waals surface area (Å²) in [6.07, 6.45) is 3.43. The monoisotopic (exact) mass is 257 g/mol. The van der Waals surface area contributed by atoms with Gasteiger partial charge in [0, 0.05) is 19.4 Å². The molecule has 0 fully saturated rings. The molecule has 19 heavy (non-hydrogen) atoms. The van der Waals surface area contributed by atoms with E-state index in [1.54, 1.807) is 18.5 Å². The molecule has 5 heteroatoms. The van der Waals surface area contributed by atoms with Crippen LogP contribution in [-0.4, -0.2) is 36.3 Å². The molecule has 1 aromatic heterocycles. The van der Waals surface area contributed by atoms with Gasteiger partial charge in [-0.05, 0) is 18.2 Å². The third-order valence-corrected chi connectivity index (χ3v) is 2.94. The van der Waals surface area contributed by atoms with E-state index in [0.29, 0.717) is 19.1 Å². The molecule has 1 aromatic carbocycles. The molecule has 0 saturated heterocycles. The molecule has 2 aromatic rings. The van der Waals surface area contributed by atoms with E-state index >= 15 is 0 Å². The van der Waals surface area contributed by atoms with Gasteiger partial charge in [0.1, 0.15) is 6.61 Å². The van der Waals surface area contributed by atoms with Gasteiger partial charge in [-0.1, -0.05) is 12.1 Å². The van der Waals surface area contributed by atoms with Crippen LogP contribution in [0.15, 0.2) is 42.7 Å². The third-order valence-electron chi connectivity index (χ3n) is 2.94. The van der Waals surface area contributed by atoms with E-state index in [2.05, 4.69) is 9.97 Å². The van der Waals surface area contributed by atoms with Gasteiger partial charge in [0.25, 0.3) is 0 Å². The van der Waals surface area contributed by atoms with Crippen LogP contribution in [0.3, 0.4) is 0 Å². The lowest BCUT2D eigenvalue weighted by Gasteiger charge is -2.29. The number of likely N-dealkylation sites (N-methyl/N-ethyl adjacent to an activating group) is 1. The normalized spacial score (nSPS) is 17.0. The quantitative estimate of drug-likeness (QED) is 0.838. The Balaban J connectivity index is 1.66. The van der Waals surface area contributed by atoms with Crippen LogP contribution in [0.1, 0.15) is 0 Å². The van der Waals surface area contributed by atoms with Crippen molar-refractivity contribution in [3.8, 4) is 11.5 Å². The fraction of sp³-hybridized carbons (Fsp3) is 0.286. The molecule has 1 aliphatic rings. The van der Waals surface area contributed by atoms with Gasteiger partial charge in [-0.3, -0.25) is 0 Å². The van der Waals surface area contributed by atoms with Crippen LogP contribution in [0.2, 0.25) is 0 Å². The molecule has 0 aliphatic carbocycles. The van der Waals surface area contributed by atoms with Crippen molar-refractivity contribution in [2.24, 2.45) is 0 Å². The number of hydrogen-bond acceptors (Lipinski definition) is 5. The minimum atomic E-state index is -0.0243. The number of fused-ring (bicyclic) bond motifs is 1. The lowest BCUT2D eigenvalue weighted by Crippen LogP contribution is -2.40. The van der Waals surface area contributed by atoms with Gasteiger partial charge >= 0.3 is 0 Å². The average molecular weight is 257 g/mol. The SMILES string of the molecule is CN(C[C@H]1COc2ccccc2O1)c1ncccn1. The van der Waals surface area contributed by atoms with Crippen molar-refractivity contribution in [1.29, 1.82) is 0 Å². The number of benzene rings is 1. The molecule has 1 aliphatic heterocycles. The van der Waals surface area contributed by atoms with Crippen molar-refractivity contribution in [2.45, 2.75) is 6.10 Å². The van der Waals surface area contributed by atoms with Gasteiger partial charge in [-0.15, -0.1) is 0 Å². The summed E-state index contributed by atoms with van der Waals surface area (Å²) in [4.78, 5) is 10.4. The largest absolute Gasteiger partial charge is 0.486 e. The number of hydrogen-bond donors (Lipinski definition) is 0. The van der Waals surface area contributed by atoms with Gasteiger partial charge in [-0.2, -0.15) is 0 Å². The van der Waals surface area contributed by atoms with Crippen molar-refractivity contribution in [3.05, 3.63) is 42.7 Å². The maximum Gasteiger partial charge on any atom is 0.225 e. The van der Waals surface area contributed by atoms with E-state index in [9.17, 15) is 0 Å². The second-order valence-corrected chi connectivity index (χ2v) is 4.43. The Kier molecular flexibility index (Phi) is 3.18. The van der Waals surface area contributed by atoms with E-state index in [1.807, 2.05) is 36.2 Å². The molecule has 0 N–H and O–H groups in total. The average Bonchev–Trinajstić information content (AvgIpc) is 2.48. The predicted octanol–water partition coefficient (Wildman–Crippen LogP) is 1.75. The first-order valence-electron chi connectivity index (χ1n) is 6.19. The van der Waals surface area contributed by atoms with Gasteiger partial charge in [0.2, 0.25) is 5.95 Å². The number of anilines is 1. The van der Waals surface area contributed by atoms with E-state index in [0.717, 1.165) is 11.5 Å². The smallest absolute Gasteiger partial charge is 0.225 e. The summed E-state index contributed by atoms with van der Waals surface area (Å²) >= 11 is 0. The molecule has 3 rings (SSSR count). The van der Waals surface area contributed by atoms with E-state index in [1.165, 1.54) is 0 Å². The Morgan fingerprint density at radius 1 is 1.16 bits per heavy atom. The zero-order valence-electron chi connectivity index (χ0n) is 10.7. The van der Waals surface area contributed by atoms with Crippen LogP contribution in [0.25, 0.3) is 0 Å². The Morgan fingerprint density at radius 2 is 1.89 bits per heavy atom. The molecular weight excluding hydrogens is 242 g/mol. The summed E-state index contributed by atoms with van der Waals surface area (Å²) in [6.45, 7) is 1.21. The molecule has 0 spiro atoms. The lowest BCUT2D eigenvalue weighted by atomic mass is 10.2. The van der Waals surface area contributed by atoms with Gasteiger partial charge in [-0.25, -0.2) is 9.97 Å². The molecule has 5 nitrogen and oxygen atoms in total. The minimum absolute atomic E-state index is 0.0243. The van der Waals surface area contributed by atoms with Crippen LogP contribution in [0.5, 0.6) is 11.5 Å². The number of nitrogens with zero attached hydrogens (tertiary/aromatic N) is 3. The van der Waals surface area contributed by atoms with E-state index in [-0.39, 0.29) is 6.10 Å². The number of para-hydroxylation sites is 2. The van der Waals surface area contributed by atoms with Crippen LogP contribution in [0, 0.1) is 0 Å². The topological polar surface area (TPSA) is 47.5 Å². The molecule has 0 amide bonds. The van der Waals surface area contributed by atoms with Crippen molar-refractivity contribution < 1.29 is 9.47 Å². The number of ether oxygens (including phenoxy) is 2. The highest BCUT2D eigenvalue weighted by Gasteiger charge is 2.22. The van der Waals surface area contributed by atoms with Crippen LogP contribution in [-0.2, 0) is 0 Å². The van der Waals surface area contributed by atoms with Crippen LogP contribution >= 0.6 is 0 Å². The summed E-state index contributed by atoms with van der Waals surface area (Å²) in [6, 6.07) is 9.50. The summed E-state index contributed by atoms with van der Waals surface area (Å²) in [7, 11) is 1.94.